The Balaban J connectivity index is 1.86. The average molecular weight is 218 g/mol. The first-order valence-corrected chi connectivity index (χ1v) is 5.49. The van der Waals surface area contributed by atoms with Crippen LogP contribution in [0.3, 0.4) is 0 Å². The van der Waals surface area contributed by atoms with Crippen molar-refractivity contribution in [2.75, 3.05) is 0 Å². The van der Waals surface area contributed by atoms with Gasteiger partial charge in [-0.25, -0.2) is 0 Å². The van der Waals surface area contributed by atoms with E-state index in [-0.39, 0.29) is 12.0 Å². The summed E-state index contributed by atoms with van der Waals surface area (Å²) in [6.45, 7) is 1.70. The van der Waals surface area contributed by atoms with E-state index < -0.39 is 11.9 Å². The smallest absolute Gasteiger partial charge is 0.245 e. The van der Waals surface area contributed by atoms with Crippen LogP contribution in [-0.2, 0) is 9.47 Å². The highest BCUT2D eigenvalue weighted by molar-refractivity contribution is 5.26. The van der Waals surface area contributed by atoms with Crippen LogP contribution in [0.1, 0.15) is 18.6 Å². The zero-order valence-corrected chi connectivity index (χ0v) is 9.04. The molecule has 2 aliphatic heterocycles. The fourth-order valence-electron chi connectivity index (χ4n) is 2.45. The lowest BCUT2D eigenvalue weighted by Gasteiger charge is -2.50. The molecule has 3 rings (SSSR count). The lowest BCUT2D eigenvalue weighted by Crippen LogP contribution is -2.59. The molecule has 1 aromatic carbocycles. The number of aliphatic hydroxyl groups is 1. The van der Waals surface area contributed by atoms with Gasteiger partial charge >= 0.3 is 0 Å². The summed E-state index contributed by atoms with van der Waals surface area (Å²) in [6, 6.07) is 10.0. The van der Waals surface area contributed by atoms with Crippen molar-refractivity contribution in [2.24, 2.45) is 5.92 Å². The molecule has 0 saturated carbocycles. The summed E-state index contributed by atoms with van der Waals surface area (Å²) >= 11 is 0. The van der Waals surface area contributed by atoms with Crippen LogP contribution in [0, 0.1) is 5.92 Å². The minimum atomic E-state index is -0.847. The molecule has 0 spiro atoms. The van der Waals surface area contributed by atoms with Gasteiger partial charge < -0.3 is 14.6 Å². The molecule has 2 aliphatic rings. The number of rotatable bonds is 2. The molecule has 0 radical (unpaired) electrons. The summed E-state index contributed by atoms with van der Waals surface area (Å²) in [7, 11) is 0. The minimum Gasteiger partial charge on any atom is -0.467 e. The molecule has 0 aliphatic carbocycles. The Labute approximate surface area is 94.3 Å². The monoisotopic (exact) mass is 218 g/mol. The average Bonchev–Trinajstić information content (AvgIpc) is 2.59. The maximum Gasteiger partial charge on any atom is 0.245 e. The zero-order valence-electron chi connectivity index (χ0n) is 9.04. The molecule has 16 heavy (non-hydrogen) atoms. The molecule has 0 unspecified atom stereocenters. The molecule has 2 heterocycles. The normalized spacial score (nSPS) is 37.4. The molecule has 0 aromatic heterocycles. The van der Waals surface area contributed by atoms with Gasteiger partial charge in [-0.05, 0) is 18.6 Å². The third-order valence-corrected chi connectivity index (χ3v) is 3.35. The van der Waals surface area contributed by atoms with E-state index in [0.29, 0.717) is 0 Å². The van der Waals surface area contributed by atoms with Crippen LogP contribution in [0.2, 0.25) is 0 Å². The molecular weight excluding hydrogens is 204 g/mol. The summed E-state index contributed by atoms with van der Waals surface area (Å²) in [6.07, 6.45) is 2.95. The maximum absolute atomic E-state index is 9.71. The van der Waals surface area contributed by atoms with E-state index in [4.69, 9.17) is 9.47 Å². The highest BCUT2D eigenvalue weighted by Gasteiger charge is 2.62. The summed E-state index contributed by atoms with van der Waals surface area (Å²) in [5, 5.41) is 9.71. The van der Waals surface area contributed by atoms with Crippen LogP contribution in [0.4, 0.5) is 0 Å². The predicted molar refractivity (Wildman–Crippen MR) is 58.4 cm³/mol. The Bertz CT molecular complexity index is 412. The fraction of sp³-hybridized carbons (Fsp3) is 0.385. The standard InChI is InChI=1S/C13H14O3/c1-9(14)13-11(7-8-15-13)12(16-13)10-5-3-2-4-6-10/h2-9,11-12,14H,1H3/t9-,11-,12+,13+/m1/s1. The number of ether oxygens (including phenoxy) is 2. The minimum absolute atomic E-state index is 0.00505. The Morgan fingerprint density at radius 3 is 2.75 bits per heavy atom. The van der Waals surface area contributed by atoms with E-state index in [1.807, 2.05) is 36.4 Å². The van der Waals surface area contributed by atoms with Crippen molar-refractivity contribution in [1.29, 1.82) is 0 Å². The Kier molecular flexibility index (Phi) is 2.06. The number of hydrogen-bond acceptors (Lipinski definition) is 3. The lowest BCUT2D eigenvalue weighted by atomic mass is 9.80. The largest absolute Gasteiger partial charge is 0.467 e. The van der Waals surface area contributed by atoms with E-state index in [1.165, 1.54) is 0 Å². The third kappa shape index (κ3) is 1.16. The van der Waals surface area contributed by atoms with Gasteiger partial charge in [-0.2, -0.15) is 0 Å². The molecule has 1 aromatic rings. The number of fused-ring (bicyclic) bond motifs is 1. The SMILES string of the molecule is C[C@@H](O)[C@@]12OC=C[C@@H]1[C@H](c1ccccc1)O2. The second-order valence-electron chi connectivity index (χ2n) is 4.32. The van der Waals surface area contributed by atoms with E-state index in [9.17, 15) is 5.11 Å². The van der Waals surface area contributed by atoms with Gasteiger partial charge in [-0.15, -0.1) is 0 Å². The molecule has 0 bridgehead atoms. The van der Waals surface area contributed by atoms with Crippen molar-refractivity contribution in [2.45, 2.75) is 24.9 Å². The molecule has 84 valence electrons. The Hall–Kier alpha value is -1.32. The van der Waals surface area contributed by atoms with Crippen LogP contribution in [0.5, 0.6) is 0 Å². The second-order valence-corrected chi connectivity index (χ2v) is 4.32. The van der Waals surface area contributed by atoms with Crippen LogP contribution in [0.25, 0.3) is 0 Å². The summed E-state index contributed by atoms with van der Waals surface area (Å²) < 4.78 is 11.2. The number of hydrogen-bond donors (Lipinski definition) is 1. The zero-order chi connectivity index (χ0) is 11.2. The molecule has 4 atom stereocenters. The van der Waals surface area contributed by atoms with Crippen molar-refractivity contribution < 1.29 is 14.6 Å². The molecular formula is C13H14O3. The first-order valence-electron chi connectivity index (χ1n) is 5.49. The van der Waals surface area contributed by atoms with Gasteiger partial charge in [0.2, 0.25) is 5.79 Å². The Morgan fingerprint density at radius 1 is 1.31 bits per heavy atom. The second kappa shape index (κ2) is 3.34. The van der Waals surface area contributed by atoms with Gasteiger partial charge in [0.05, 0.1) is 18.3 Å². The quantitative estimate of drug-likeness (QED) is 0.825. The number of aliphatic hydroxyl groups excluding tert-OH is 1. The van der Waals surface area contributed by atoms with E-state index >= 15 is 0 Å². The van der Waals surface area contributed by atoms with Crippen molar-refractivity contribution in [3.05, 3.63) is 48.2 Å². The first-order chi connectivity index (χ1) is 7.74. The van der Waals surface area contributed by atoms with Gasteiger partial charge in [0.15, 0.2) is 0 Å². The molecule has 3 nitrogen and oxygen atoms in total. The maximum atomic E-state index is 9.71. The van der Waals surface area contributed by atoms with Gasteiger partial charge in [0.25, 0.3) is 0 Å². The van der Waals surface area contributed by atoms with E-state index in [1.54, 1.807) is 13.2 Å². The van der Waals surface area contributed by atoms with E-state index in [2.05, 4.69) is 0 Å². The fourth-order valence-corrected chi connectivity index (χ4v) is 2.45. The molecule has 1 saturated heterocycles. The summed E-state index contributed by atoms with van der Waals surface area (Å²) in [4.78, 5) is 0. The topological polar surface area (TPSA) is 38.7 Å². The van der Waals surface area contributed by atoms with Crippen molar-refractivity contribution >= 4 is 0 Å². The predicted octanol–water partition coefficient (Wildman–Crippen LogP) is 2.00. The lowest BCUT2D eigenvalue weighted by molar-refractivity contribution is -0.375. The van der Waals surface area contributed by atoms with E-state index in [0.717, 1.165) is 5.56 Å². The first kappa shape index (κ1) is 9.87. The molecule has 3 heteroatoms. The van der Waals surface area contributed by atoms with Crippen LogP contribution < -0.4 is 0 Å². The highest BCUT2D eigenvalue weighted by atomic mass is 16.7. The third-order valence-electron chi connectivity index (χ3n) is 3.35. The summed E-state index contributed by atoms with van der Waals surface area (Å²) in [5.74, 6) is -0.740. The van der Waals surface area contributed by atoms with Crippen molar-refractivity contribution in [3.63, 3.8) is 0 Å². The van der Waals surface area contributed by atoms with Gasteiger partial charge in [-0.3, -0.25) is 0 Å². The van der Waals surface area contributed by atoms with Crippen molar-refractivity contribution in [3.8, 4) is 0 Å². The van der Waals surface area contributed by atoms with Crippen molar-refractivity contribution in [1.82, 2.24) is 0 Å². The van der Waals surface area contributed by atoms with Crippen LogP contribution in [-0.4, -0.2) is 17.0 Å². The van der Waals surface area contributed by atoms with Crippen LogP contribution in [0.15, 0.2) is 42.7 Å². The van der Waals surface area contributed by atoms with Crippen LogP contribution >= 0.6 is 0 Å². The highest BCUT2D eigenvalue weighted by Crippen LogP contribution is 2.54. The molecule has 1 N–H and O–H groups in total. The summed E-state index contributed by atoms with van der Waals surface area (Å²) in [5.41, 5.74) is 1.12. The van der Waals surface area contributed by atoms with Gasteiger partial charge in [0.1, 0.15) is 6.10 Å². The number of benzene rings is 1. The van der Waals surface area contributed by atoms with Gasteiger partial charge in [-0.1, -0.05) is 30.3 Å². The van der Waals surface area contributed by atoms with Gasteiger partial charge in [0, 0.05) is 0 Å². The molecule has 1 fully saturated rings. The molecule has 0 amide bonds. The Morgan fingerprint density at radius 2 is 2.06 bits per heavy atom.